The molecule has 0 aromatic heterocycles. The number of nitrogens with two attached hydrogens (primary N) is 2. The molecular formula is C36H38ClN5O4. The van der Waals surface area contributed by atoms with Gasteiger partial charge in [-0.05, 0) is 65.1 Å². The van der Waals surface area contributed by atoms with Crippen LogP contribution in [-0.4, -0.2) is 58.6 Å². The number of rotatable bonds is 10. The Hall–Kier alpha value is -4.73. The van der Waals surface area contributed by atoms with E-state index in [0.717, 1.165) is 21.9 Å². The van der Waals surface area contributed by atoms with Crippen molar-refractivity contribution in [3.05, 3.63) is 113 Å². The molecule has 0 saturated carbocycles. The fourth-order valence-corrected chi connectivity index (χ4v) is 6.35. The van der Waals surface area contributed by atoms with E-state index in [9.17, 15) is 19.2 Å². The third-order valence-electron chi connectivity index (χ3n) is 8.47. The molecule has 10 heteroatoms. The van der Waals surface area contributed by atoms with Crippen LogP contribution in [0.1, 0.15) is 42.5 Å². The van der Waals surface area contributed by atoms with Gasteiger partial charge in [-0.3, -0.25) is 19.2 Å². The van der Waals surface area contributed by atoms with Crippen molar-refractivity contribution in [1.29, 1.82) is 0 Å². The molecule has 46 heavy (non-hydrogen) atoms. The quantitative estimate of drug-likeness (QED) is 0.233. The molecule has 4 amide bonds. The lowest BCUT2D eigenvalue weighted by Crippen LogP contribution is -2.52. The Morgan fingerprint density at radius 3 is 2.41 bits per heavy atom. The fourth-order valence-electron chi connectivity index (χ4n) is 6.15. The summed E-state index contributed by atoms with van der Waals surface area (Å²) in [4.78, 5) is 56.8. The number of primary amides is 1. The molecule has 0 unspecified atom stereocenters. The van der Waals surface area contributed by atoms with Gasteiger partial charge in [0.25, 0.3) is 5.91 Å². The zero-order valence-corrected chi connectivity index (χ0v) is 26.5. The molecule has 3 atom stereocenters. The Labute approximate surface area is 273 Å². The third kappa shape index (κ3) is 7.38. The predicted molar refractivity (Wildman–Crippen MR) is 180 cm³/mol. The van der Waals surface area contributed by atoms with Crippen LogP contribution in [0.15, 0.2) is 91.0 Å². The van der Waals surface area contributed by atoms with Gasteiger partial charge in [-0.1, -0.05) is 78.3 Å². The molecule has 1 heterocycles. The van der Waals surface area contributed by atoms with E-state index in [1.165, 1.54) is 4.90 Å². The fraction of sp³-hybridized carbons (Fsp3) is 0.278. The van der Waals surface area contributed by atoms with Crippen LogP contribution >= 0.6 is 11.6 Å². The van der Waals surface area contributed by atoms with Crippen molar-refractivity contribution in [3.63, 3.8) is 0 Å². The van der Waals surface area contributed by atoms with Gasteiger partial charge in [-0.2, -0.15) is 0 Å². The first-order chi connectivity index (χ1) is 22.2. The van der Waals surface area contributed by atoms with Gasteiger partial charge in [-0.15, -0.1) is 0 Å². The van der Waals surface area contributed by atoms with Crippen molar-refractivity contribution in [2.75, 3.05) is 18.4 Å². The van der Waals surface area contributed by atoms with Crippen LogP contribution in [-0.2, 0) is 32.0 Å². The zero-order chi connectivity index (χ0) is 32.8. The molecule has 9 nitrogen and oxygen atoms in total. The summed E-state index contributed by atoms with van der Waals surface area (Å²) in [7, 11) is 0. The third-order valence-corrected chi connectivity index (χ3v) is 8.71. The van der Waals surface area contributed by atoms with Crippen molar-refractivity contribution >= 4 is 51.7 Å². The number of nitrogens with one attached hydrogen (secondary N) is 1. The normalized spacial score (nSPS) is 17.4. The number of nitrogens with zero attached hydrogens (tertiary/aromatic N) is 2. The Bertz CT molecular complexity index is 1740. The van der Waals surface area contributed by atoms with Crippen molar-refractivity contribution in [1.82, 2.24) is 9.80 Å². The second-order valence-electron chi connectivity index (χ2n) is 11.6. The number of amides is 4. The van der Waals surface area contributed by atoms with Crippen LogP contribution < -0.4 is 16.8 Å². The molecule has 1 saturated heterocycles. The van der Waals surface area contributed by atoms with Crippen LogP contribution in [0.3, 0.4) is 0 Å². The van der Waals surface area contributed by atoms with Crippen LogP contribution in [0.25, 0.3) is 10.8 Å². The summed E-state index contributed by atoms with van der Waals surface area (Å²) in [5.74, 6) is -1.44. The number of fused-ring (bicyclic) bond motifs is 1. The van der Waals surface area contributed by atoms with Crippen molar-refractivity contribution in [2.24, 2.45) is 11.5 Å². The van der Waals surface area contributed by atoms with Crippen molar-refractivity contribution < 1.29 is 19.2 Å². The van der Waals surface area contributed by atoms with E-state index < -0.39 is 18.0 Å². The molecule has 5 N–H and O–H groups in total. The van der Waals surface area contributed by atoms with Gasteiger partial charge < -0.3 is 26.6 Å². The molecule has 238 valence electrons. The molecule has 5 rings (SSSR count). The molecule has 1 fully saturated rings. The van der Waals surface area contributed by atoms with Crippen molar-refractivity contribution in [2.45, 2.75) is 50.7 Å². The van der Waals surface area contributed by atoms with Gasteiger partial charge >= 0.3 is 0 Å². The molecule has 1 aliphatic rings. The minimum absolute atomic E-state index is 0.0287. The highest BCUT2D eigenvalue weighted by Gasteiger charge is 2.43. The van der Waals surface area contributed by atoms with Gasteiger partial charge in [0.05, 0.1) is 6.42 Å². The number of carbonyl (C=O) groups excluding carboxylic acids is 4. The average molecular weight is 640 g/mol. The molecule has 4 aromatic rings. The maximum Gasteiger partial charge on any atom is 0.250 e. The van der Waals surface area contributed by atoms with E-state index in [-0.39, 0.29) is 56.1 Å². The Balaban J connectivity index is 1.46. The molecule has 0 aliphatic carbocycles. The highest BCUT2D eigenvalue weighted by molar-refractivity contribution is 6.30. The van der Waals surface area contributed by atoms with Gasteiger partial charge in [0.2, 0.25) is 17.7 Å². The summed E-state index contributed by atoms with van der Waals surface area (Å²) in [5.41, 5.74) is 14.2. The second-order valence-corrected chi connectivity index (χ2v) is 12.1. The maximum atomic E-state index is 14.6. The summed E-state index contributed by atoms with van der Waals surface area (Å²) in [5, 5.41) is 5.22. The lowest BCUT2D eigenvalue weighted by Gasteiger charge is -2.36. The molecule has 1 aliphatic heterocycles. The summed E-state index contributed by atoms with van der Waals surface area (Å²) >= 11 is 6.39. The number of anilines is 1. The summed E-state index contributed by atoms with van der Waals surface area (Å²) in [6.45, 7) is 2.41. The highest BCUT2D eigenvalue weighted by atomic mass is 35.5. The van der Waals surface area contributed by atoms with Gasteiger partial charge in [-0.25, -0.2) is 0 Å². The van der Waals surface area contributed by atoms with E-state index in [1.807, 2.05) is 49.4 Å². The first-order valence-corrected chi connectivity index (χ1v) is 15.8. The van der Waals surface area contributed by atoms with Crippen molar-refractivity contribution in [3.8, 4) is 0 Å². The molecule has 4 aromatic carbocycles. The number of benzene rings is 4. The first kappa shape index (κ1) is 32.7. The van der Waals surface area contributed by atoms with E-state index in [2.05, 4.69) is 5.32 Å². The minimum Gasteiger partial charge on any atom is -0.368 e. The van der Waals surface area contributed by atoms with Gasteiger partial charge in [0.1, 0.15) is 12.1 Å². The largest absolute Gasteiger partial charge is 0.368 e. The first-order valence-electron chi connectivity index (χ1n) is 15.4. The Morgan fingerprint density at radius 1 is 0.978 bits per heavy atom. The number of hydrogen-bond acceptors (Lipinski definition) is 5. The topological polar surface area (TPSA) is 139 Å². The average Bonchev–Trinajstić information content (AvgIpc) is 3.16. The standard InChI is InChI=1S/C36H38ClN5O4/c1-23-17-19-41(31(35(39)45)22-26-8-4-7-25-6-2-3-11-30(25)26)36(46)34(27-9-5-10-28(37)21-27)42(23)33(44)20-24-12-14-29(15-13-24)40-32(43)16-18-38/h2-15,21,23,31,34H,16-20,22,38H2,1H3,(H2,39,45)(H,40,43)/t23-,31-,34+/m1/s1. The van der Waals surface area contributed by atoms with E-state index >= 15 is 0 Å². The van der Waals surface area contributed by atoms with Crippen LogP contribution in [0.2, 0.25) is 5.02 Å². The molecule has 0 bridgehead atoms. The lowest BCUT2D eigenvalue weighted by atomic mass is 9.96. The lowest BCUT2D eigenvalue weighted by molar-refractivity contribution is -0.148. The Kier molecular flexibility index (Phi) is 10.3. The number of halogens is 1. The molecule has 0 radical (unpaired) electrons. The van der Waals surface area contributed by atoms with Crippen LogP contribution in [0, 0.1) is 0 Å². The highest BCUT2D eigenvalue weighted by Crippen LogP contribution is 2.33. The molecule has 0 spiro atoms. The smallest absolute Gasteiger partial charge is 0.250 e. The van der Waals surface area contributed by atoms with E-state index in [4.69, 9.17) is 23.1 Å². The van der Waals surface area contributed by atoms with Gasteiger partial charge in [0.15, 0.2) is 0 Å². The van der Waals surface area contributed by atoms with Crippen LogP contribution in [0.4, 0.5) is 5.69 Å². The summed E-state index contributed by atoms with van der Waals surface area (Å²) < 4.78 is 0. The Morgan fingerprint density at radius 2 is 1.70 bits per heavy atom. The monoisotopic (exact) mass is 639 g/mol. The summed E-state index contributed by atoms with van der Waals surface area (Å²) in [6, 6.07) is 25.4. The number of carbonyl (C=O) groups is 4. The van der Waals surface area contributed by atoms with Crippen LogP contribution in [0.5, 0.6) is 0 Å². The minimum atomic E-state index is -1.02. The zero-order valence-electron chi connectivity index (χ0n) is 25.7. The predicted octanol–water partition coefficient (Wildman–Crippen LogP) is 4.61. The van der Waals surface area contributed by atoms with Gasteiger partial charge in [0, 0.05) is 42.7 Å². The number of hydrogen-bond donors (Lipinski definition) is 3. The second kappa shape index (κ2) is 14.6. The maximum absolute atomic E-state index is 14.6. The van der Waals surface area contributed by atoms with E-state index in [0.29, 0.717) is 22.7 Å². The molecular weight excluding hydrogens is 602 g/mol. The summed E-state index contributed by atoms with van der Waals surface area (Å²) in [6.07, 6.45) is 0.920. The SMILES string of the molecule is C[C@@H]1CCN([C@H](Cc2cccc3ccccc23)C(N)=O)C(=O)[C@H](c2cccc(Cl)c2)N1C(=O)Cc1ccc(NC(=O)CCN)cc1. The van der Waals surface area contributed by atoms with E-state index in [1.54, 1.807) is 53.4 Å².